The van der Waals surface area contributed by atoms with E-state index in [4.69, 9.17) is 9.15 Å². The number of morpholine rings is 1. The smallest absolute Gasteiger partial charge is 0.305 e. The molecule has 7 heteroatoms. The molecule has 0 aliphatic carbocycles. The van der Waals surface area contributed by atoms with Crippen LogP contribution in [0.1, 0.15) is 36.4 Å². The summed E-state index contributed by atoms with van der Waals surface area (Å²) in [5.74, 6) is -0.466. The molecule has 3 aromatic rings. The van der Waals surface area contributed by atoms with Gasteiger partial charge in [-0.1, -0.05) is 36.4 Å². The Morgan fingerprint density at radius 3 is 2.53 bits per heavy atom. The number of carbonyl (C=O) groups excluding carboxylic acids is 2. The fourth-order valence-electron chi connectivity index (χ4n) is 4.30. The van der Waals surface area contributed by atoms with E-state index in [1.165, 1.54) is 4.90 Å². The average molecular weight is 410 g/mol. The Bertz CT molecular complexity index is 1080. The van der Waals surface area contributed by atoms with Crippen LogP contribution in [0, 0.1) is 6.92 Å². The maximum atomic E-state index is 12.6. The highest BCUT2D eigenvalue weighted by atomic mass is 16.5. The molecule has 3 N–H and O–H groups in total. The van der Waals surface area contributed by atoms with Crippen LogP contribution in [0.25, 0.3) is 21.7 Å². The van der Waals surface area contributed by atoms with E-state index >= 15 is 0 Å². The zero-order valence-electron chi connectivity index (χ0n) is 17.6. The third-order valence-corrected chi connectivity index (χ3v) is 5.67. The van der Waals surface area contributed by atoms with Crippen molar-refractivity contribution in [1.82, 2.24) is 10.9 Å². The van der Waals surface area contributed by atoms with Gasteiger partial charge in [0, 0.05) is 16.3 Å². The largest absolute Gasteiger partial charge is 0.450 e. The van der Waals surface area contributed by atoms with Crippen LogP contribution < -0.4 is 15.8 Å². The van der Waals surface area contributed by atoms with Crippen LogP contribution in [0.15, 0.2) is 40.8 Å². The molecule has 4 rings (SSSR count). The number of ether oxygens (including phenoxy) is 1. The van der Waals surface area contributed by atoms with Gasteiger partial charge >= 0.3 is 5.91 Å². The molecular formula is C23H28N3O4+. The zero-order chi connectivity index (χ0) is 21.3. The summed E-state index contributed by atoms with van der Waals surface area (Å²) in [4.78, 5) is 26.2. The Hall–Kier alpha value is -2.90. The maximum Gasteiger partial charge on any atom is 0.305 e. The summed E-state index contributed by atoms with van der Waals surface area (Å²) in [5, 5.41) is 2.90. The standard InChI is InChI=1S/C23H27N3O4/c1-14-12-26(13-15(2)29-14)11-10-20(27)24-25-23(28)21-16(3)18-9-8-17-6-4-5-7-19(17)22(18)30-21/h4-9,14-15H,10-13H2,1-3H3,(H,24,27)(H,25,28)/p+1/t14-,15-/m0/s1. The first-order valence-corrected chi connectivity index (χ1v) is 10.4. The summed E-state index contributed by atoms with van der Waals surface area (Å²) in [6.07, 6.45) is 0.719. The van der Waals surface area contributed by atoms with Crippen molar-refractivity contribution in [3.63, 3.8) is 0 Å². The Morgan fingerprint density at radius 2 is 1.77 bits per heavy atom. The molecule has 0 radical (unpaired) electrons. The first-order chi connectivity index (χ1) is 14.4. The predicted molar refractivity (Wildman–Crippen MR) is 114 cm³/mol. The molecule has 0 bridgehead atoms. The second kappa shape index (κ2) is 8.45. The fourth-order valence-corrected chi connectivity index (χ4v) is 4.30. The van der Waals surface area contributed by atoms with Gasteiger partial charge in [-0.15, -0.1) is 0 Å². The number of nitrogens with one attached hydrogen (secondary N) is 3. The van der Waals surface area contributed by atoms with Crippen LogP contribution in [0.5, 0.6) is 0 Å². The van der Waals surface area contributed by atoms with Crippen molar-refractivity contribution in [2.45, 2.75) is 39.4 Å². The minimum atomic E-state index is -0.456. The number of aryl methyl sites for hydroxylation is 1. The molecule has 0 unspecified atom stereocenters. The van der Waals surface area contributed by atoms with Crippen LogP contribution in [-0.4, -0.2) is 43.7 Å². The number of hydrogen-bond donors (Lipinski definition) is 3. The van der Waals surface area contributed by atoms with Crippen molar-refractivity contribution in [2.75, 3.05) is 19.6 Å². The first-order valence-electron chi connectivity index (χ1n) is 10.4. The Labute approximate surface area is 175 Å². The normalized spacial score (nSPS) is 21.6. The lowest BCUT2D eigenvalue weighted by Gasteiger charge is -2.32. The van der Waals surface area contributed by atoms with Crippen LogP contribution in [0.4, 0.5) is 0 Å². The number of furan rings is 1. The lowest BCUT2D eigenvalue weighted by atomic mass is 10.1. The predicted octanol–water partition coefficient (Wildman–Crippen LogP) is 1.74. The van der Waals surface area contributed by atoms with Gasteiger partial charge in [-0.2, -0.15) is 0 Å². The van der Waals surface area contributed by atoms with E-state index in [0.717, 1.165) is 34.8 Å². The molecule has 1 aliphatic heterocycles. The lowest BCUT2D eigenvalue weighted by molar-refractivity contribution is -0.914. The maximum absolute atomic E-state index is 12.6. The molecular weight excluding hydrogens is 382 g/mol. The van der Waals surface area contributed by atoms with Crippen molar-refractivity contribution in [2.24, 2.45) is 0 Å². The molecule has 1 aromatic heterocycles. The highest BCUT2D eigenvalue weighted by Gasteiger charge is 2.26. The Kier molecular flexibility index (Phi) is 5.74. The highest BCUT2D eigenvalue weighted by Crippen LogP contribution is 2.31. The number of quaternary nitrogens is 1. The number of benzene rings is 2. The van der Waals surface area contributed by atoms with E-state index in [9.17, 15) is 9.59 Å². The molecule has 2 heterocycles. The van der Waals surface area contributed by atoms with Gasteiger partial charge in [-0.05, 0) is 26.2 Å². The molecule has 1 saturated heterocycles. The van der Waals surface area contributed by atoms with E-state index in [2.05, 4.69) is 24.7 Å². The van der Waals surface area contributed by atoms with Gasteiger partial charge in [-0.25, -0.2) is 0 Å². The van der Waals surface area contributed by atoms with E-state index in [1.807, 2.05) is 43.3 Å². The molecule has 2 aromatic carbocycles. The summed E-state index contributed by atoms with van der Waals surface area (Å²) >= 11 is 0. The molecule has 1 fully saturated rings. The van der Waals surface area contributed by atoms with Gasteiger partial charge in [-0.3, -0.25) is 20.4 Å². The minimum Gasteiger partial charge on any atom is -0.450 e. The van der Waals surface area contributed by atoms with Crippen LogP contribution >= 0.6 is 0 Å². The van der Waals surface area contributed by atoms with Crippen LogP contribution in [-0.2, 0) is 9.53 Å². The lowest BCUT2D eigenvalue weighted by Crippen LogP contribution is -3.15. The third-order valence-electron chi connectivity index (χ3n) is 5.67. The summed E-state index contributed by atoms with van der Waals surface area (Å²) in [7, 11) is 0. The zero-order valence-corrected chi connectivity index (χ0v) is 17.6. The Morgan fingerprint density at radius 1 is 1.03 bits per heavy atom. The van der Waals surface area contributed by atoms with Crippen molar-refractivity contribution >= 4 is 33.6 Å². The number of hydrogen-bond acceptors (Lipinski definition) is 4. The minimum absolute atomic E-state index is 0.193. The van der Waals surface area contributed by atoms with Crippen molar-refractivity contribution in [1.29, 1.82) is 0 Å². The molecule has 1 aliphatic rings. The Balaban J connectivity index is 1.38. The third kappa shape index (κ3) is 4.17. The van der Waals surface area contributed by atoms with Gasteiger partial charge in [0.1, 0.15) is 30.9 Å². The van der Waals surface area contributed by atoms with Crippen molar-refractivity contribution in [3.8, 4) is 0 Å². The molecule has 0 spiro atoms. The summed E-state index contributed by atoms with van der Waals surface area (Å²) in [6.45, 7) is 8.42. The number of hydrazine groups is 1. The summed E-state index contributed by atoms with van der Waals surface area (Å²) in [5.41, 5.74) is 6.43. The SMILES string of the molecule is Cc1c(C(=O)NNC(=O)CC[NH+]2C[C@H](C)O[C@@H](C)C2)oc2c1ccc1ccccc12. The molecule has 2 atom stereocenters. The molecule has 30 heavy (non-hydrogen) atoms. The molecule has 2 amide bonds. The van der Waals surface area contributed by atoms with E-state index < -0.39 is 5.91 Å². The number of rotatable bonds is 4. The van der Waals surface area contributed by atoms with Crippen molar-refractivity contribution < 1.29 is 23.6 Å². The van der Waals surface area contributed by atoms with E-state index in [1.54, 1.807) is 0 Å². The number of amides is 2. The first kappa shape index (κ1) is 20.4. The second-order valence-electron chi connectivity index (χ2n) is 8.14. The number of carbonyl (C=O) groups is 2. The number of fused-ring (bicyclic) bond motifs is 3. The fraction of sp³-hybridized carbons (Fsp3) is 0.391. The molecule has 0 saturated carbocycles. The summed E-state index contributed by atoms with van der Waals surface area (Å²) < 4.78 is 11.6. The van der Waals surface area contributed by atoms with Crippen molar-refractivity contribution in [3.05, 3.63) is 47.7 Å². The topological polar surface area (TPSA) is 85.0 Å². The van der Waals surface area contributed by atoms with E-state index in [-0.39, 0.29) is 23.9 Å². The quantitative estimate of drug-likeness (QED) is 0.572. The van der Waals surface area contributed by atoms with Gasteiger partial charge in [0.2, 0.25) is 5.91 Å². The monoisotopic (exact) mass is 410 g/mol. The van der Waals surface area contributed by atoms with Gasteiger partial charge < -0.3 is 14.1 Å². The van der Waals surface area contributed by atoms with Gasteiger partial charge in [0.25, 0.3) is 0 Å². The van der Waals surface area contributed by atoms with Crippen LogP contribution in [0.2, 0.25) is 0 Å². The molecule has 158 valence electrons. The highest BCUT2D eigenvalue weighted by molar-refractivity contribution is 6.09. The van der Waals surface area contributed by atoms with Gasteiger partial charge in [0.05, 0.1) is 13.0 Å². The van der Waals surface area contributed by atoms with E-state index in [0.29, 0.717) is 18.5 Å². The summed E-state index contributed by atoms with van der Waals surface area (Å²) in [6, 6.07) is 11.9. The van der Waals surface area contributed by atoms with Gasteiger partial charge in [0.15, 0.2) is 5.76 Å². The molecule has 7 nitrogen and oxygen atoms in total. The second-order valence-corrected chi connectivity index (χ2v) is 8.14. The van der Waals surface area contributed by atoms with Crippen LogP contribution in [0.3, 0.4) is 0 Å². The average Bonchev–Trinajstić information content (AvgIpc) is 3.07.